The monoisotopic (exact) mass is 274 g/mol. The minimum atomic E-state index is -0.119. The fraction of sp³-hybridized carbons (Fsp3) is 0.533. The molecule has 5 heteroatoms. The highest BCUT2D eigenvalue weighted by atomic mass is 16.1. The van der Waals surface area contributed by atoms with Crippen LogP contribution in [0, 0.1) is 5.92 Å². The fourth-order valence-electron chi connectivity index (χ4n) is 1.94. The Morgan fingerprint density at radius 3 is 2.60 bits per heavy atom. The molecule has 0 aliphatic rings. The third kappa shape index (κ3) is 2.98. The third-order valence-electron chi connectivity index (χ3n) is 3.01. The van der Waals surface area contributed by atoms with Gasteiger partial charge >= 0.3 is 0 Å². The summed E-state index contributed by atoms with van der Waals surface area (Å²) >= 11 is 0. The first-order valence-electron chi connectivity index (χ1n) is 6.92. The Balaban J connectivity index is 2.35. The Morgan fingerprint density at radius 2 is 2.00 bits per heavy atom. The molecule has 0 saturated heterocycles. The van der Waals surface area contributed by atoms with Crippen LogP contribution in [0.3, 0.4) is 0 Å². The van der Waals surface area contributed by atoms with Gasteiger partial charge in [-0.25, -0.2) is 0 Å². The molecule has 0 aromatic carbocycles. The van der Waals surface area contributed by atoms with Gasteiger partial charge in [0.2, 0.25) is 0 Å². The van der Waals surface area contributed by atoms with Crippen LogP contribution in [0.25, 0.3) is 5.65 Å². The standard InChI is InChI=1S/C15H22N4O/c1-10(2)8-16-13(20)11-6-7-12-17-18-14(15(3,4)5)19(12)9-11/h6-7,9-10H,8H2,1-5H3,(H,16,20). The molecule has 0 atom stereocenters. The molecule has 1 amide bonds. The molecule has 0 bridgehead atoms. The van der Waals surface area contributed by atoms with Crippen molar-refractivity contribution in [1.82, 2.24) is 19.9 Å². The summed E-state index contributed by atoms with van der Waals surface area (Å²) in [4.78, 5) is 12.1. The Labute approximate surface area is 119 Å². The van der Waals surface area contributed by atoms with Gasteiger partial charge in [-0.15, -0.1) is 10.2 Å². The number of rotatable bonds is 3. The largest absolute Gasteiger partial charge is 0.352 e. The number of aromatic nitrogens is 3. The van der Waals surface area contributed by atoms with Crippen LogP contribution in [-0.4, -0.2) is 27.0 Å². The zero-order valence-electron chi connectivity index (χ0n) is 12.8. The zero-order valence-corrected chi connectivity index (χ0v) is 12.8. The van der Waals surface area contributed by atoms with Crippen molar-refractivity contribution in [2.45, 2.75) is 40.0 Å². The highest BCUT2D eigenvalue weighted by Gasteiger charge is 2.21. The van der Waals surface area contributed by atoms with Crippen LogP contribution >= 0.6 is 0 Å². The van der Waals surface area contributed by atoms with E-state index in [4.69, 9.17) is 0 Å². The predicted molar refractivity (Wildman–Crippen MR) is 78.9 cm³/mol. The Bertz CT molecular complexity index is 622. The summed E-state index contributed by atoms with van der Waals surface area (Å²) in [6.07, 6.45) is 1.81. The van der Waals surface area contributed by atoms with Crippen molar-refractivity contribution in [2.24, 2.45) is 5.92 Å². The van der Waals surface area contributed by atoms with Gasteiger partial charge in [0.05, 0.1) is 5.56 Å². The van der Waals surface area contributed by atoms with Crippen molar-refractivity contribution in [1.29, 1.82) is 0 Å². The molecule has 0 unspecified atom stereocenters. The lowest BCUT2D eigenvalue weighted by Gasteiger charge is -2.16. The first-order valence-corrected chi connectivity index (χ1v) is 6.92. The predicted octanol–water partition coefficient (Wildman–Crippen LogP) is 2.41. The van der Waals surface area contributed by atoms with Crippen LogP contribution in [0.2, 0.25) is 0 Å². The molecule has 0 fully saturated rings. The minimum Gasteiger partial charge on any atom is -0.352 e. The maximum atomic E-state index is 12.1. The Morgan fingerprint density at radius 1 is 1.30 bits per heavy atom. The van der Waals surface area contributed by atoms with Gasteiger partial charge in [0.15, 0.2) is 5.65 Å². The molecule has 0 saturated carbocycles. The second-order valence-corrected chi connectivity index (χ2v) is 6.52. The van der Waals surface area contributed by atoms with E-state index in [1.54, 1.807) is 6.07 Å². The molecule has 2 aromatic heterocycles. The van der Waals surface area contributed by atoms with Crippen molar-refractivity contribution < 1.29 is 4.79 Å². The number of fused-ring (bicyclic) bond motifs is 1. The van der Waals surface area contributed by atoms with E-state index in [1.807, 2.05) is 16.7 Å². The van der Waals surface area contributed by atoms with E-state index in [1.165, 1.54) is 0 Å². The number of hydrogen-bond donors (Lipinski definition) is 1. The fourth-order valence-corrected chi connectivity index (χ4v) is 1.94. The SMILES string of the molecule is CC(C)CNC(=O)c1ccc2nnc(C(C)(C)C)n2c1. The number of carbonyl (C=O) groups is 1. The average molecular weight is 274 g/mol. The highest BCUT2D eigenvalue weighted by Crippen LogP contribution is 2.21. The molecule has 20 heavy (non-hydrogen) atoms. The summed E-state index contributed by atoms with van der Waals surface area (Å²) in [7, 11) is 0. The smallest absolute Gasteiger partial charge is 0.252 e. The third-order valence-corrected chi connectivity index (χ3v) is 3.01. The topological polar surface area (TPSA) is 59.3 Å². The summed E-state index contributed by atoms with van der Waals surface area (Å²) in [6, 6.07) is 3.61. The maximum absolute atomic E-state index is 12.1. The molecule has 5 nitrogen and oxygen atoms in total. The number of nitrogens with zero attached hydrogens (tertiary/aromatic N) is 3. The summed E-state index contributed by atoms with van der Waals surface area (Å²) in [5, 5.41) is 11.3. The quantitative estimate of drug-likeness (QED) is 0.935. The van der Waals surface area contributed by atoms with E-state index in [2.05, 4.69) is 50.1 Å². The van der Waals surface area contributed by atoms with Crippen LogP contribution in [0.4, 0.5) is 0 Å². The number of amides is 1. The van der Waals surface area contributed by atoms with E-state index in [0.29, 0.717) is 18.0 Å². The van der Waals surface area contributed by atoms with Gasteiger partial charge in [0.25, 0.3) is 5.91 Å². The molecule has 2 aromatic rings. The van der Waals surface area contributed by atoms with Gasteiger partial charge in [-0.3, -0.25) is 9.20 Å². The second-order valence-electron chi connectivity index (χ2n) is 6.52. The van der Waals surface area contributed by atoms with E-state index >= 15 is 0 Å². The van der Waals surface area contributed by atoms with Crippen LogP contribution in [0.5, 0.6) is 0 Å². The first kappa shape index (κ1) is 14.5. The molecule has 2 heterocycles. The van der Waals surface area contributed by atoms with Gasteiger partial charge in [-0.2, -0.15) is 0 Å². The normalized spacial score (nSPS) is 12.1. The van der Waals surface area contributed by atoms with Gasteiger partial charge in [0.1, 0.15) is 5.82 Å². The van der Waals surface area contributed by atoms with Crippen molar-refractivity contribution in [2.75, 3.05) is 6.54 Å². The molecule has 0 spiro atoms. The van der Waals surface area contributed by atoms with Crippen LogP contribution < -0.4 is 5.32 Å². The van der Waals surface area contributed by atoms with Crippen molar-refractivity contribution >= 4 is 11.6 Å². The summed E-state index contributed by atoms with van der Waals surface area (Å²) < 4.78 is 1.89. The van der Waals surface area contributed by atoms with Gasteiger partial charge in [0, 0.05) is 18.2 Å². The molecule has 108 valence electrons. The van der Waals surface area contributed by atoms with Crippen molar-refractivity contribution in [3.63, 3.8) is 0 Å². The molecule has 0 aliphatic heterocycles. The molecule has 1 N–H and O–H groups in total. The molecular formula is C15H22N4O. The second kappa shape index (κ2) is 5.23. The lowest BCUT2D eigenvalue weighted by Crippen LogP contribution is -2.27. The zero-order chi connectivity index (χ0) is 14.9. The van der Waals surface area contributed by atoms with Crippen molar-refractivity contribution in [3.05, 3.63) is 29.7 Å². The number of nitrogens with one attached hydrogen (secondary N) is 1. The van der Waals surface area contributed by atoms with Gasteiger partial charge < -0.3 is 5.32 Å². The Kier molecular flexibility index (Phi) is 3.79. The minimum absolute atomic E-state index is 0.0610. The highest BCUT2D eigenvalue weighted by molar-refractivity contribution is 5.94. The van der Waals surface area contributed by atoms with Crippen LogP contribution in [0.1, 0.15) is 50.8 Å². The summed E-state index contributed by atoms with van der Waals surface area (Å²) in [6.45, 7) is 11.0. The molecule has 2 rings (SSSR count). The average Bonchev–Trinajstić information content (AvgIpc) is 2.78. The van der Waals surface area contributed by atoms with Crippen LogP contribution in [0.15, 0.2) is 18.3 Å². The van der Waals surface area contributed by atoms with E-state index in [-0.39, 0.29) is 11.3 Å². The van der Waals surface area contributed by atoms with Crippen molar-refractivity contribution in [3.8, 4) is 0 Å². The Hall–Kier alpha value is -1.91. The first-order chi connectivity index (χ1) is 9.29. The number of carbonyl (C=O) groups excluding carboxylic acids is 1. The number of pyridine rings is 1. The molecule has 0 radical (unpaired) electrons. The van der Waals surface area contributed by atoms with Gasteiger partial charge in [-0.1, -0.05) is 34.6 Å². The maximum Gasteiger partial charge on any atom is 0.252 e. The number of hydrogen-bond acceptors (Lipinski definition) is 3. The summed E-state index contributed by atoms with van der Waals surface area (Å²) in [5.41, 5.74) is 1.27. The van der Waals surface area contributed by atoms with Gasteiger partial charge in [-0.05, 0) is 18.1 Å². The van der Waals surface area contributed by atoms with E-state index < -0.39 is 0 Å². The van der Waals surface area contributed by atoms with Crippen LogP contribution in [-0.2, 0) is 5.41 Å². The lowest BCUT2D eigenvalue weighted by atomic mass is 9.96. The molecular weight excluding hydrogens is 252 g/mol. The van der Waals surface area contributed by atoms with E-state index in [9.17, 15) is 4.79 Å². The van der Waals surface area contributed by atoms with E-state index in [0.717, 1.165) is 11.5 Å². The lowest BCUT2D eigenvalue weighted by molar-refractivity contribution is 0.0948. The summed E-state index contributed by atoms with van der Waals surface area (Å²) in [5.74, 6) is 1.22. The molecule has 0 aliphatic carbocycles.